The molecule has 24 heavy (non-hydrogen) atoms. The van der Waals surface area contributed by atoms with Crippen LogP contribution in [0.4, 0.5) is 11.4 Å². The monoisotopic (exact) mass is 352 g/mol. The average Bonchev–Trinajstić information content (AvgIpc) is 2.60. The van der Waals surface area contributed by atoms with E-state index in [1.54, 1.807) is 12.1 Å². The first kappa shape index (κ1) is 17.5. The molecule has 2 aromatic rings. The lowest BCUT2D eigenvalue weighted by Gasteiger charge is -2.22. The Bertz CT molecular complexity index is 866. The molecule has 0 fully saturated rings. The molecule has 0 amide bonds. The first-order valence-electron chi connectivity index (χ1n) is 6.77. The van der Waals surface area contributed by atoms with Crippen LogP contribution in [0.15, 0.2) is 47.4 Å². The summed E-state index contributed by atoms with van der Waals surface area (Å²) >= 11 is 0. The van der Waals surface area contributed by atoms with E-state index in [9.17, 15) is 18.5 Å². The number of hydrogen-bond acceptors (Lipinski definition) is 6. The van der Waals surface area contributed by atoms with Crippen molar-refractivity contribution >= 4 is 21.4 Å². The molecule has 0 radical (unpaired) electrons. The largest absolute Gasteiger partial charge is 0.497 e. The smallest absolute Gasteiger partial charge is 0.289 e. The topological polar surface area (TPSA) is 99.0 Å². The van der Waals surface area contributed by atoms with E-state index < -0.39 is 25.5 Å². The van der Waals surface area contributed by atoms with Crippen LogP contribution in [-0.2, 0) is 10.0 Å². The van der Waals surface area contributed by atoms with Crippen molar-refractivity contribution in [2.24, 2.45) is 0 Å². The van der Waals surface area contributed by atoms with Gasteiger partial charge >= 0.3 is 0 Å². The number of methoxy groups -OCH3 is 2. The van der Waals surface area contributed by atoms with Gasteiger partial charge in [0, 0.05) is 19.2 Å². The van der Waals surface area contributed by atoms with Gasteiger partial charge in [-0.05, 0) is 18.2 Å². The van der Waals surface area contributed by atoms with Crippen LogP contribution >= 0.6 is 0 Å². The van der Waals surface area contributed by atoms with Crippen molar-refractivity contribution in [3.05, 3.63) is 52.6 Å². The van der Waals surface area contributed by atoms with E-state index in [1.807, 2.05) is 0 Å². The highest BCUT2D eigenvalue weighted by Gasteiger charge is 2.31. The highest BCUT2D eigenvalue weighted by atomic mass is 32.2. The Morgan fingerprint density at radius 3 is 2.33 bits per heavy atom. The molecule has 0 saturated carbocycles. The standard InChI is InChI=1S/C15H16N2O6S/c1-16(13-10-11(22-2)8-9-14(13)23-3)24(20,21)15-7-5-4-6-12(15)17(18)19/h4-10H,1-3H3. The number of sulfonamides is 1. The number of hydrogen-bond donors (Lipinski definition) is 0. The number of ether oxygens (including phenoxy) is 2. The maximum atomic E-state index is 12.9. The molecule has 0 N–H and O–H groups in total. The molecule has 2 rings (SSSR count). The van der Waals surface area contributed by atoms with E-state index in [0.717, 1.165) is 10.4 Å². The molecule has 0 unspecified atom stereocenters. The molecular formula is C15H16N2O6S. The van der Waals surface area contributed by atoms with E-state index >= 15 is 0 Å². The van der Waals surface area contributed by atoms with Crippen molar-refractivity contribution < 1.29 is 22.8 Å². The van der Waals surface area contributed by atoms with Crippen molar-refractivity contribution in [3.8, 4) is 11.5 Å². The molecule has 0 bridgehead atoms. The average molecular weight is 352 g/mol. The van der Waals surface area contributed by atoms with Gasteiger partial charge in [0.05, 0.1) is 24.8 Å². The van der Waals surface area contributed by atoms with Crippen molar-refractivity contribution in [3.63, 3.8) is 0 Å². The molecule has 2 aromatic carbocycles. The second-order valence-corrected chi connectivity index (χ2v) is 6.67. The van der Waals surface area contributed by atoms with Crippen molar-refractivity contribution in [1.29, 1.82) is 0 Å². The van der Waals surface area contributed by atoms with Crippen LogP contribution in [0.5, 0.6) is 11.5 Å². The lowest BCUT2D eigenvalue weighted by molar-refractivity contribution is -0.387. The number of para-hydroxylation sites is 1. The fraction of sp³-hybridized carbons (Fsp3) is 0.200. The fourth-order valence-electron chi connectivity index (χ4n) is 2.15. The summed E-state index contributed by atoms with van der Waals surface area (Å²) in [6.45, 7) is 0. The number of nitro benzene ring substituents is 1. The summed E-state index contributed by atoms with van der Waals surface area (Å²) in [6, 6.07) is 9.82. The van der Waals surface area contributed by atoms with Gasteiger partial charge < -0.3 is 9.47 Å². The predicted octanol–water partition coefficient (Wildman–Crippen LogP) is 2.44. The zero-order valence-electron chi connectivity index (χ0n) is 13.3. The van der Waals surface area contributed by atoms with Gasteiger partial charge in [-0.15, -0.1) is 0 Å². The Kier molecular flexibility index (Phi) is 4.93. The van der Waals surface area contributed by atoms with Gasteiger partial charge in [-0.1, -0.05) is 12.1 Å². The van der Waals surface area contributed by atoms with Gasteiger partial charge in [0.2, 0.25) is 0 Å². The molecule has 0 aliphatic heterocycles. The summed E-state index contributed by atoms with van der Waals surface area (Å²) < 4.78 is 36.9. The minimum Gasteiger partial charge on any atom is -0.497 e. The Morgan fingerprint density at radius 2 is 1.75 bits per heavy atom. The predicted molar refractivity (Wildman–Crippen MR) is 88.2 cm³/mol. The van der Waals surface area contributed by atoms with E-state index in [2.05, 4.69) is 0 Å². The van der Waals surface area contributed by atoms with E-state index in [0.29, 0.717) is 11.5 Å². The third kappa shape index (κ3) is 3.11. The molecule has 8 nitrogen and oxygen atoms in total. The van der Waals surface area contributed by atoms with Crippen LogP contribution in [0.2, 0.25) is 0 Å². The molecule has 0 aromatic heterocycles. The van der Waals surface area contributed by atoms with Gasteiger partial charge in [-0.2, -0.15) is 0 Å². The van der Waals surface area contributed by atoms with Gasteiger partial charge in [-0.25, -0.2) is 8.42 Å². The number of anilines is 1. The summed E-state index contributed by atoms with van der Waals surface area (Å²) in [4.78, 5) is 10.00. The molecule has 0 heterocycles. The van der Waals surface area contributed by atoms with Crippen molar-refractivity contribution in [1.82, 2.24) is 0 Å². The van der Waals surface area contributed by atoms with E-state index in [4.69, 9.17) is 9.47 Å². The molecule has 9 heteroatoms. The van der Waals surface area contributed by atoms with Crippen molar-refractivity contribution in [2.75, 3.05) is 25.6 Å². The molecule has 0 aliphatic rings. The minimum atomic E-state index is -4.17. The first-order chi connectivity index (χ1) is 11.3. The lowest BCUT2D eigenvalue weighted by atomic mass is 10.3. The molecule has 0 aliphatic carbocycles. The Hall–Kier alpha value is -2.81. The summed E-state index contributed by atoms with van der Waals surface area (Å²) in [5, 5.41) is 11.1. The third-order valence-corrected chi connectivity index (χ3v) is 5.24. The van der Waals surface area contributed by atoms with Crippen LogP contribution in [0, 0.1) is 10.1 Å². The molecule has 0 saturated heterocycles. The number of benzene rings is 2. The van der Waals surface area contributed by atoms with Crippen LogP contribution in [0.25, 0.3) is 0 Å². The maximum Gasteiger partial charge on any atom is 0.289 e. The van der Waals surface area contributed by atoms with Crippen LogP contribution in [0.1, 0.15) is 0 Å². The number of rotatable bonds is 6. The first-order valence-corrected chi connectivity index (χ1v) is 8.21. The van der Waals surface area contributed by atoms with Crippen LogP contribution in [-0.4, -0.2) is 34.6 Å². The lowest BCUT2D eigenvalue weighted by Crippen LogP contribution is -2.27. The highest BCUT2D eigenvalue weighted by Crippen LogP contribution is 2.36. The van der Waals surface area contributed by atoms with Crippen LogP contribution < -0.4 is 13.8 Å². The Morgan fingerprint density at radius 1 is 1.08 bits per heavy atom. The summed E-state index contributed by atoms with van der Waals surface area (Å²) in [5.41, 5.74) is -0.291. The van der Waals surface area contributed by atoms with Gasteiger partial charge in [0.25, 0.3) is 15.7 Å². The third-order valence-electron chi connectivity index (χ3n) is 3.43. The van der Waals surface area contributed by atoms with Gasteiger partial charge in [-0.3, -0.25) is 14.4 Å². The highest BCUT2D eigenvalue weighted by molar-refractivity contribution is 7.93. The van der Waals surface area contributed by atoms with Gasteiger partial charge in [0.15, 0.2) is 4.90 Å². The Balaban J connectivity index is 2.61. The van der Waals surface area contributed by atoms with Gasteiger partial charge in [0.1, 0.15) is 11.5 Å². The van der Waals surface area contributed by atoms with E-state index in [1.165, 1.54) is 45.5 Å². The minimum absolute atomic E-state index is 0.204. The van der Waals surface area contributed by atoms with E-state index in [-0.39, 0.29) is 5.69 Å². The second kappa shape index (κ2) is 6.75. The SMILES string of the molecule is COc1ccc(OC)c(N(C)S(=O)(=O)c2ccccc2[N+](=O)[O-])c1. The number of nitrogens with zero attached hydrogens (tertiary/aromatic N) is 2. The normalized spacial score (nSPS) is 11.0. The quantitative estimate of drug-likeness (QED) is 0.585. The molecular weight excluding hydrogens is 336 g/mol. The Labute approximate surface area is 139 Å². The zero-order valence-corrected chi connectivity index (χ0v) is 14.1. The van der Waals surface area contributed by atoms with Crippen molar-refractivity contribution in [2.45, 2.75) is 4.90 Å². The maximum absolute atomic E-state index is 12.9. The second-order valence-electron chi connectivity index (χ2n) is 4.74. The molecule has 0 spiro atoms. The fourth-order valence-corrected chi connectivity index (χ4v) is 3.50. The molecule has 0 atom stereocenters. The van der Waals surface area contributed by atoms with Crippen LogP contribution in [0.3, 0.4) is 0 Å². The zero-order chi connectivity index (χ0) is 17.9. The summed E-state index contributed by atoms with van der Waals surface area (Å²) in [5.74, 6) is 0.718. The number of nitro groups is 1. The molecule has 128 valence electrons. The summed E-state index contributed by atoms with van der Waals surface area (Å²) in [6.07, 6.45) is 0. The summed E-state index contributed by atoms with van der Waals surface area (Å²) in [7, 11) is -0.0281.